The third-order valence-electron chi connectivity index (χ3n) is 10.5. The van der Waals surface area contributed by atoms with Gasteiger partial charge in [-0.3, -0.25) is 19.2 Å². The van der Waals surface area contributed by atoms with Crippen LogP contribution in [-0.4, -0.2) is 154 Å². The Kier molecular flexibility index (Phi) is 14.8. The quantitative estimate of drug-likeness (QED) is 0.200. The zero-order valence-electron chi connectivity index (χ0n) is 27.5. The number of hydrogen-bond donors (Lipinski definition) is 4. The molecule has 22 atom stereocenters. The van der Waals surface area contributed by atoms with Gasteiger partial charge in [0.2, 0.25) is 11.8 Å². The van der Waals surface area contributed by atoms with E-state index in [9.17, 15) is 42.6 Å². The molecule has 4 saturated carbocycles. The predicted octanol–water partition coefficient (Wildman–Crippen LogP) is 4.13. The maximum atomic E-state index is 16.2. The van der Waals surface area contributed by atoms with E-state index in [1.807, 2.05) is 5.32 Å². The largest absolute Gasteiger partial charge is 0.481 e. The van der Waals surface area contributed by atoms with Gasteiger partial charge in [0.15, 0.2) is 12.3 Å². The number of carboxylic acid groups (broad SMARTS) is 2. The van der Waals surface area contributed by atoms with E-state index in [1.165, 1.54) is 0 Å². The third kappa shape index (κ3) is 8.03. The molecule has 0 aliphatic heterocycles. The van der Waals surface area contributed by atoms with Crippen molar-refractivity contribution in [3.05, 3.63) is 0 Å². The molecule has 22 unspecified atom stereocenters. The molecule has 0 aromatic heterocycles. The van der Waals surface area contributed by atoms with Gasteiger partial charge in [0.05, 0.1) is 57.0 Å². The normalized spacial score (nSPS) is 51.2. The van der Waals surface area contributed by atoms with Crippen LogP contribution in [0.1, 0.15) is 6.92 Å². The van der Waals surface area contributed by atoms with Crippen LogP contribution in [0.2, 0.25) is 0 Å². The smallest absolute Gasteiger partial charge is 0.310 e. The first-order valence-electron chi connectivity index (χ1n) is 16.3. The number of hydrogen-bond acceptors (Lipinski definition) is 6. The number of ether oxygens (including phenoxy) is 2. The number of aliphatic carboxylic acids is 2. The molecule has 0 spiro atoms. The Labute approximate surface area is 326 Å². The van der Waals surface area contributed by atoms with Gasteiger partial charge in [0.1, 0.15) is 67.2 Å². The number of carbonyl (C=O) groups excluding carboxylic acids is 2. The van der Waals surface area contributed by atoms with Gasteiger partial charge >= 0.3 is 11.9 Å². The number of carbonyl (C=O) groups is 4. The average Bonchev–Trinajstić information content (AvgIpc) is 3.12. The number of amides is 2. The van der Waals surface area contributed by atoms with E-state index in [0.29, 0.717) is 0 Å². The second-order valence-electron chi connectivity index (χ2n) is 13.6. The fourth-order valence-electron chi connectivity index (χ4n) is 7.47. The van der Waals surface area contributed by atoms with Gasteiger partial charge in [-0.05, 0) is 0 Å². The third-order valence-corrected chi connectivity index (χ3v) is 13.4. The van der Waals surface area contributed by atoms with Crippen molar-refractivity contribution >= 4 is 81.8 Å². The van der Waals surface area contributed by atoms with Crippen molar-refractivity contribution < 1.29 is 78.4 Å². The van der Waals surface area contributed by atoms with Crippen molar-refractivity contribution in [3.63, 3.8) is 0 Å². The Hall–Kier alpha value is -1.38. The molecular formula is C30H34Cl5F9N2O8. The first-order valence-corrected chi connectivity index (χ1v) is 18.5. The summed E-state index contributed by atoms with van der Waals surface area (Å²) in [5, 5.41) is 13.4. The molecule has 0 heterocycles. The van der Waals surface area contributed by atoms with Crippen molar-refractivity contribution in [1.29, 1.82) is 0 Å². The molecule has 24 heteroatoms. The lowest BCUT2D eigenvalue weighted by molar-refractivity contribution is -0.194. The minimum atomic E-state index is -3.22. The highest BCUT2D eigenvalue weighted by Crippen LogP contribution is 2.46. The number of rotatable bonds is 9. The van der Waals surface area contributed by atoms with Crippen molar-refractivity contribution in [2.75, 3.05) is 7.05 Å². The molecule has 4 fully saturated rings. The molecule has 10 nitrogen and oxygen atoms in total. The maximum absolute atomic E-state index is 16.2. The molecule has 4 aliphatic carbocycles. The number of nitrogens with one attached hydrogen (secondary N) is 2. The summed E-state index contributed by atoms with van der Waals surface area (Å²) in [5.74, 6) is -19.3. The van der Waals surface area contributed by atoms with Gasteiger partial charge in [-0.25, -0.2) is 39.5 Å². The highest BCUT2D eigenvalue weighted by molar-refractivity contribution is 6.35. The van der Waals surface area contributed by atoms with Crippen LogP contribution in [0.15, 0.2) is 0 Å². The molecule has 0 saturated heterocycles. The van der Waals surface area contributed by atoms with Crippen LogP contribution in [-0.2, 0) is 28.7 Å². The highest BCUT2D eigenvalue weighted by Gasteiger charge is 2.63. The molecule has 0 bridgehead atoms. The van der Waals surface area contributed by atoms with E-state index < -0.39 is 166 Å². The first-order chi connectivity index (χ1) is 25.0. The molecule has 0 aromatic rings. The van der Waals surface area contributed by atoms with Gasteiger partial charge in [0, 0.05) is 13.0 Å². The van der Waals surface area contributed by atoms with Crippen molar-refractivity contribution in [1.82, 2.24) is 10.6 Å². The second-order valence-corrected chi connectivity index (χ2v) is 16.2. The number of halogens is 14. The topological polar surface area (TPSA) is 151 Å². The summed E-state index contributed by atoms with van der Waals surface area (Å²) < 4.78 is 148. The molecular weight excluding hydrogens is 865 g/mol. The highest BCUT2D eigenvalue weighted by atomic mass is 35.5. The number of alkyl halides is 14. The Balaban J connectivity index is 1.57. The summed E-state index contributed by atoms with van der Waals surface area (Å²) in [5.41, 5.74) is 0. The molecule has 54 heavy (non-hydrogen) atoms. The van der Waals surface area contributed by atoms with Gasteiger partial charge < -0.3 is 30.3 Å². The summed E-state index contributed by atoms with van der Waals surface area (Å²) in [4.78, 5) is 49.2. The summed E-state index contributed by atoms with van der Waals surface area (Å²) >= 11 is 31.2. The second kappa shape index (κ2) is 17.6. The predicted molar refractivity (Wildman–Crippen MR) is 174 cm³/mol. The first kappa shape index (κ1) is 45.3. The van der Waals surface area contributed by atoms with Crippen LogP contribution >= 0.6 is 58.0 Å². The van der Waals surface area contributed by atoms with Crippen LogP contribution in [0, 0.1) is 29.6 Å². The standard InChI is InChI=1S/C30H34Cl5F9N2O8/c1-3-13(36)12(35)19(42)22(14(3)37)46-28(48)5-7(30(51)52)16(39)21(44)26(18(5)41)54-24-10(33)8(31)23(9(32)11(24)34)53-25-17(40)4(27(47)45-2)6(29(49)50)15(38)20(25)43/h3-26H,1-2H3,(H,45,47)(H,46,48)(H,49,50)(H,51,52). The Morgan fingerprint density at radius 3 is 1.20 bits per heavy atom. The minimum absolute atomic E-state index is 0.977. The fourth-order valence-corrected chi connectivity index (χ4v) is 9.45. The van der Waals surface area contributed by atoms with Crippen molar-refractivity contribution in [3.8, 4) is 0 Å². The van der Waals surface area contributed by atoms with Crippen LogP contribution in [0.4, 0.5) is 39.5 Å². The molecule has 2 amide bonds. The molecule has 4 rings (SSSR count). The molecule has 0 radical (unpaired) electrons. The van der Waals surface area contributed by atoms with Crippen LogP contribution in [0.3, 0.4) is 0 Å². The van der Waals surface area contributed by atoms with Crippen molar-refractivity contribution in [2.45, 2.75) is 120 Å². The van der Waals surface area contributed by atoms with E-state index in [4.69, 9.17) is 67.5 Å². The molecule has 4 aliphatic rings. The Morgan fingerprint density at radius 2 is 0.852 bits per heavy atom. The summed E-state index contributed by atoms with van der Waals surface area (Å²) in [6.45, 7) is 0.984. The lowest BCUT2D eigenvalue weighted by atomic mass is 9.73. The van der Waals surface area contributed by atoms with Crippen LogP contribution in [0.5, 0.6) is 0 Å². The monoisotopic (exact) mass is 896 g/mol. The average molecular weight is 899 g/mol. The van der Waals surface area contributed by atoms with E-state index in [1.54, 1.807) is 5.32 Å². The number of carboxylic acids is 2. The molecule has 310 valence electrons. The zero-order valence-corrected chi connectivity index (χ0v) is 31.3. The molecule has 4 N–H and O–H groups in total. The Bertz CT molecular complexity index is 1380. The summed E-state index contributed by atoms with van der Waals surface area (Å²) in [7, 11) is 0.977. The van der Waals surface area contributed by atoms with Gasteiger partial charge in [-0.1, -0.05) is 6.92 Å². The van der Waals surface area contributed by atoms with E-state index >= 15 is 26.3 Å². The van der Waals surface area contributed by atoms with E-state index in [2.05, 4.69) is 0 Å². The van der Waals surface area contributed by atoms with Crippen LogP contribution < -0.4 is 10.6 Å². The van der Waals surface area contributed by atoms with Gasteiger partial charge in [0.25, 0.3) is 0 Å². The fraction of sp³-hybridized carbons (Fsp3) is 0.867. The van der Waals surface area contributed by atoms with Gasteiger partial charge in [-0.2, -0.15) is 0 Å². The van der Waals surface area contributed by atoms with E-state index in [-0.39, 0.29) is 0 Å². The SMILES string of the molecule is CNC(=O)C1C(F)C(OC2C(Cl)C(Cl)C(OC3C(F)C(F)C(C(=O)O)C(C(=O)NC4C(F)C(C)C(F)C(Cl)C4F)C3F)C(Cl)C2Cl)C(F)C(F)C1C(=O)O. The summed E-state index contributed by atoms with van der Waals surface area (Å²) in [6.07, 6.45) is -34.8. The summed E-state index contributed by atoms with van der Waals surface area (Å²) in [6, 6.07) is -2.26. The van der Waals surface area contributed by atoms with Crippen molar-refractivity contribution in [2.24, 2.45) is 29.6 Å². The van der Waals surface area contributed by atoms with E-state index in [0.717, 1.165) is 14.0 Å². The molecule has 0 aromatic carbocycles. The Morgan fingerprint density at radius 1 is 0.481 bits per heavy atom. The lowest BCUT2D eigenvalue weighted by Crippen LogP contribution is -2.67. The zero-order chi connectivity index (χ0) is 41.0. The van der Waals surface area contributed by atoms with Crippen LogP contribution in [0.25, 0.3) is 0 Å². The maximum Gasteiger partial charge on any atom is 0.310 e. The van der Waals surface area contributed by atoms with Gasteiger partial charge in [-0.15, -0.1) is 58.0 Å². The minimum Gasteiger partial charge on any atom is -0.481 e. The lowest BCUT2D eigenvalue weighted by Gasteiger charge is -2.48.